The van der Waals surface area contributed by atoms with E-state index in [1.165, 1.54) is 11.0 Å². The van der Waals surface area contributed by atoms with Crippen LogP contribution in [0.1, 0.15) is 23.7 Å². The summed E-state index contributed by atoms with van der Waals surface area (Å²) in [6, 6.07) is 11.5. The predicted molar refractivity (Wildman–Crippen MR) is 137 cm³/mol. The Bertz CT molecular complexity index is 1300. The molecule has 0 bridgehead atoms. The highest BCUT2D eigenvalue weighted by atomic mass is 19.3. The molecule has 0 unspecified atom stereocenters. The van der Waals surface area contributed by atoms with E-state index in [0.717, 1.165) is 27.7 Å². The standard InChI is InChI=1S/C20H24F2N4O4.C7H8O/c1-20-10-14-13-9-12(30-18(21)22)3-4-15(13)24-16(14)11-26(20)19(28)25(17(20)27)7-5-23-6-8-29-2;1-6-3-2-4-7(8)5-6/h3-4,9,18,23-24H,5-8,10-11H2,1-2H3;2-5,8H,1H3/t20-;/m0./s1. The van der Waals surface area contributed by atoms with Gasteiger partial charge in [-0.25, -0.2) is 4.79 Å². The molecule has 9 nitrogen and oxygen atoms in total. The number of phenolic OH excluding ortho intramolecular Hbond substituents is 1. The number of hydrogen-bond donors (Lipinski definition) is 3. The first kappa shape index (κ1) is 27.3. The van der Waals surface area contributed by atoms with Crippen LogP contribution in [0.2, 0.25) is 0 Å². The fourth-order valence-corrected chi connectivity index (χ4v) is 4.88. The quantitative estimate of drug-likeness (QED) is 0.302. The zero-order valence-electron chi connectivity index (χ0n) is 21.6. The number of nitrogens with one attached hydrogen (secondary N) is 2. The van der Waals surface area contributed by atoms with Crippen molar-refractivity contribution in [2.24, 2.45) is 0 Å². The lowest BCUT2D eigenvalue weighted by molar-refractivity contribution is -0.132. The molecule has 11 heteroatoms. The van der Waals surface area contributed by atoms with Crippen molar-refractivity contribution in [2.45, 2.75) is 39.0 Å². The maximum Gasteiger partial charge on any atom is 0.387 e. The summed E-state index contributed by atoms with van der Waals surface area (Å²) in [6.07, 6.45) is 0.304. The number of nitrogens with zero attached hydrogens (tertiary/aromatic N) is 2. The van der Waals surface area contributed by atoms with E-state index in [1.807, 2.05) is 19.1 Å². The Morgan fingerprint density at radius 1 is 1.18 bits per heavy atom. The van der Waals surface area contributed by atoms with Gasteiger partial charge in [0.15, 0.2) is 0 Å². The molecule has 3 N–H and O–H groups in total. The number of fused-ring (bicyclic) bond motifs is 4. The monoisotopic (exact) mass is 530 g/mol. The van der Waals surface area contributed by atoms with E-state index in [1.54, 1.807) is 43.2 Å². The van der Waals surface area contributed by atoms with E-state index in [2.05, 4.69) is 15.0 Å². The van der Waals surface area contributed by atoms with Gasteiger partial charge in [0, 0.05) is 49.8 Å². The maximum absolute atomic E-state index is 13.1. The van der Waals surface area contributed by atoms with Gasteiger partial charge < -0.3 is 29.8 Å². The smallest absolute Gasteiger partial charge is 0.387 e. The fraction of sp³-hybridized carbons (Fsp3) is 0.407. The van der Waals surface area contributed by atoms with Crippen molar-refractivity contribution >= 4 is 22.8 Å². The van der Waals surface area contributed by atoms with Crippen LogP contribution in [0.5, 0.6) is 11.5 Å². The number of amides is 3. The van der Waals surface area contributed by atoms with Crippen molar-refractivity contribution in [1.29, 1.82) is 0 Å². The normalized spacial score (nSPS) is 18.5. The number of urea groups is 1. The highest BCUT2D eigenvalue weighted by molar-refractivity contribution is 6.07. The minimum absolute atomic E-state index is 0.0597. The molecule has 1 fully saturated rings. The zero-order chi connectivity index (χ0) is 27.4. The second-order valence-electron chi connectivity index (χ2n) is 9.53. The molecule has 1 saturated heterocycles. The third-order valence-electron chi connectivity index (χ3n) is 6.79. The number of rotatable bonds is 8. The molecule has 3 amide bonds. The highest BCUT2D eigenvalue weighted by Gasteiger charge is 2.56. The Hall–Kier alpha value is -3.70. The summed E-state index contributed by atoms with van der Waals surface area (Å²) in [7, 11) is 1.61. The van der Waals surface area contributed by atoms with Gasteiger partial charge in [-0.3, -0.25) is 9.69 Å². The van der Waals surface area contributed by atoms with Gasteiger partial charge in [-0.1, -0.05) is 12.1 Å². The molecule has 1 atom stereocenters. The van der Waals surface area contributed by atoms with Gasteiger partial charge in [-0.15, -0.1) is 0 Å². The molecule has 3 aromatic rings. The van der Waals surface area contributed by atoms with Crippen LogP contribution < -0.4 is 10.1 Å². The summed E-state index contributed by atoms with van der Waals surface area (Å²) in [5, 5.41) is 12.7. The number of halogens is 2. The molecule has 0 aliphatic carbocycles. The van der Waals surface area contributed by atoms with Gasteiger partial charge in [-0.05, 0) is 55.3 Å². The number of aromatic amines is 1. The van der Waals surface area contributed by atoms with Gasteiger partial charge in [0.25, 0.3) is 5.91 Å². The topological polar surface area (TPSA) is 107 Å². The van der Waals surface area contributed by atoms with Gasteiger partial charge in [0.05, 0.1) is 13.2 Å². The lowest BCUT2D eigenvalue weighted by Gasteiger charge is -2.35. The van der Waals surface area contributed by atoms with Crippen LogP contribution in [-0.2, 0) is 22.5 Å². The Labute approximate surface area is 219 Å². The molecule has 0 spiro atoms. The molecule has 2 aliphatic rings. The maximum atomic E-state index is 13.1. The summed E-state index contributed by atoms with van der Waals surface area (Å²) < 4.78 is 34.7. The molecule has 0 saturated carbocycles. The van der Waals surface area contributed by atoms with Crippen LogP contribution in [0.25, 0.3) is 10.9 Å². The van der Waals surface area contributed by atoms with Crippen LogP contribution in [0.3, 0.4) is 0 Å². The van der Waals surface area contributed by atoms with Crippen LogP contribution in [0, 0.1) is 6.92 Å². The van der Waals surface area contributed by atoms with Crippen LogP contribution in [0.4, 0.5) is 13.6 Å². The molecule has 5 rings (SSSR count). The number of alkyl halides is 2. The SMILES string of the molecule is COCCNCCN1C(=O)N2Cc3[nH]c4ccc(OC(F)F)cc4c3C[C@@]2(C)C1=O.Cc1cccc(O)c1. The number of benzene rings is 2. The number of hydrogen-bond acceptors (Lipinski definition) is 6. The lowest BCUT2D eigenvalue weighted by Crippen LogP contribution is -2.51. The number of phenols is 1. The highest BCUT2D eigenvalue weighted by Crippen LogP contribution is 2.41. The largest absolute Gasteiger partial charge is 0.508 e. The van der Waals surface area contributed by atoms with Crippen LogP contribution in [0.15, 0.2) is 42.5 Å². The molecule has 0 radical (unpaired) electrons. The zero-order valence-corrected chi connectivity index (χ0v) is 21.6. The number of carbonyl (C=O) groups is 2. The molecular weight excluding hydrogens is 498 g/mol. The van der Waals surface area contributed by atoms with Crippen molar-refractivity contribution in [1.82, 2.24) is 20.1 Å². The molecule has 38 heavy (non-hydrogen) atoms. The van der Waals surface area contributed by atoms with Gasteiger partial charge in [-0.2, -0.15) is 8.78 Å². The van der Waals surface area contributed by atoms with Gasteiger partial charge in [0.2, 0.25) is 0 Å². The first-order chi connectivity index (χ1) is 18.1. The van der Waals surface area contributed by atoms with E-state index in [4.69, 9.17) is 9.84 Å². The fourth-order valence-electron chi connectivity index (χ4n) is 4.88. The van der Waals surface area contributed by atoms with E-state index in [-0.39, 0.29) is 30.8 Å². The molecular formula is C27H32F2N4O5. The molecule has 2 aliphatic heterocycles. The average molecular weight is 531 g/mol. The predicted octanol–water partition coefficient (Wildman–Crippen LogP) is 3.78. The van der Waals surface area contributed by atoms with Crippen LogP contribution in [-0.4, -0.2) is 77.3 Å². The summed E-state index contributed by atoms with van der Waals surface area (Å²) in [5.74, 6) is 0.149. The molecule has 204 valence electrons. The van der Waals surface area contributed by atoms with Crippen LogP contribution >= 0.6 is 0 Å². The van der Waals surface area contributed by atoms with E-state index in [0.29, 0.717) is 31.9 Å². The summed E-state index contributed by atoms with van der Waals surface area (Å²) in [6.45, 7) is 2.97. The summed E-state index contributed by atoms with van der Waals surface area (Å²) >= 11 is 0. The number of aromatic hydroxyl groups is 1. The Kier molecular flexibility index (Phi) is 8.17. The number of imide groups is 1. The van der Waals surface area contributed by atoms with Gasteiger partial charge >= 0.3 is 12.6 Å². The minimum Gasteiger partial charge on any atom is -0.508 e. The number of methoxy groups -OCH3 is 1. The van der Waals surface area contributed by atoms with E-state index < -0.39 is 12.2 Å². The number of aryl methyl sites for hydroxylation is 1. The number of carbonyl (C=O) groups excluding carboxylic acids is 2. The molecule has 3 heterocycles. The third kappa shape index (κ3) is 5.58. The van der Waals surface area contributed by atoms with E-state index in [9.17, 15) is 18.4 Å². The molecule has 2 aromatic carbocycles. The second-order valence-corrected chi connectivity index (χ2v) is 9.53. The summed E-state index contributed by atoms with van der Waals surface area (Å²) in [5.41, 5.74) is 2.49. The Morgan fingerprint density at radius 3 is 2.63 bits per heavy atom. The second kappa shape index (κ2) is 11.4. The number of ether oxygens (including phenoxy) is 2. The van der Waals surface area contributed by atoms with Crippen molar-refractivity contribution in [3.05, 3.63) is 59.3 Å². The van der Waals surface area contributed by atoms with Crippen molar-refractivity contribution in [3.8, 4) is 11.5 Å². The minimum atomic E-state index is -2.91. The first-order valence-corrected chi connectivity index (χ1v) is 12.3. The van der Waals surface area contributed by atoms with Crippen molar-refractivity contribution in [2.75, 3.05) is 33.4 Å². The number of aromatic nitrogens is 1. The van der Waals surface area contributed by atoms with Crippen molar-refractivity contribution in [3.63, 3.8) is 0 Å². The number of H-pyrrole nitrogens is 1. The Morgan fingerprint density at radius 2 is 1.97 bits per heavy atom. The average Bonchev–Trinajstić information content (AvgIpc) is 3.29. The van der Waals surface area contributed by atoms with Gasteiger partial charge in [0.1, 0.15) is 17.0 Å². The summed E-state index contributed by atoms with van der Waals surface area (Å²) in [4.78, 5) is 32.2. The van der Waals surface area contributed by atoms with E-state index >= 15 is 0 Å². The molecule has 1 aromatic heterocycles. The third-order valence-corrected chi connectivity index (χ3v) is 6.79. The Balaban J connectivity index is 0.000000360. The lowest BCUT2D eigenvalue weighted by atomic mass is 9.86. The van der Waals surface area contributed by atoms with Crippen molar-refractivity contribution < 1.29 is 33.0 Å². The first-order valence-electron chi connectivity index (χ1n) is 12.3.